The molecule has 0 aliphatic heterocycles. The number of aromatic nitrogens is 3. The Kier molecular flexibility index (Phi) is 5.08. The summed E-state index contributed by atoms with van der Waals surface area (Å²) in [4.78, 5) is 25.9. The summed E-state index contributed by atoms with van der Waals surface area (Å²) >= 11 is 0. The van der Waals surface area contributed by atoms with Crippen LogP contribution in [0.2, 0.25) is 0 Å². The Morgan fingerprint density at radius 2 is 2.35 bits per heavy atom. The molecule has 0 aliphatic rings. The number of hydrogen-bond donors (Lipinski definition) is 2. The zero-order valence-electron chi connectivity index (χ0n) is 9.37. The van der Waals surface area contributed by atoms with E-state index in [1.807, 2.05) is 0 Å². The molecule has 0 saturated heterocycles. The minimum Gasteiger partial charge on any atom is -0.480 e. The summed E-state index contributed by atoms with van der Waals surface area (Å²) in [5, 5.41) is 15.0. The molecule has 0 fully saturated rings. The zero-order chi connectivity index (χ0) is 12.7. The molecular formula is C9H14N4O4. The number of nitrogens with zero attached hydrogens (tertiary/aromatic N) is 3. The normalized spacial score (nSPS) is 12.1. The summed E-state index contributed by atoms with van der Waals surface area (Å²) in [6.45, 7) is 0.287. The molecular weight excluding hydrogens is 228 g/mol. The first-order valence-corrected chi connectivity index (χ1v) is 4.97. The van der Waals surface area contributed by atoms with Gasteiger partial charge >= 0.3 is 5.97 Å². The third kappa shape index (κ3) is 4.60. The van der Waals surface area contributed by atoms with Crippen LogP contribution in [-0.2, 0) is 20.9 Å². The number of methoxy groups -OCH3 is 1. The van der Waals surface area contributed by atoms with E-state index in [1.54, 1.807) is 0 Å². The number of carboxylic acid groups (broad SMARTS) is 1. The van der Waals surface area contributed by atoms with Gasteiger partial charge in [-0.1, -0.05) is 0 Å². The molecule has 17 heavy (non-hydrogen) atoms. The van der Waals surface area contributed by atoms with Gasteiger partial charge in [0.05, 0.1) is 13.2 Å². The van der Waals surface area contributed by atoms with Crippen molar-refractivity contribution in [3.8, 4) is 0 Å². The van der Waals surface area contributed by atoms with Crippen molar-refractivity contribution in [2.45, 2.75) is 19.0 Å². The van der Waals surface area contributed by atoms with Gasteiger partial charge in [0.2, 0.25) is 5.91 Å². The molecule has 94 valence electrons. The smallest absolute Gasteiger partial charge is 0.328 e. The molecule has 0 saturated carbocycles. The Morgan fingerprint density at radius 3 is 2.88 bits per heavy atom. The van der Waals surface area contributed by atoms with Crippen LogP contribution in [0.5, 0.6) is 0 Å². The Bertz CT molecular complexity index is 365. The van der Waals surface area contributed by atoms with E-state index >= 15 is 0 Å². The van der Waals surface area contributed by atoms with Crippen LogP contribution in [0.4, 0.5) is 0 Å². The molecule has 8 heteroatoms. The first-order valence-electron chi connectivity index (χ1n) is 4.97. The van der Waals surface area contributed by atoms with E-state index in [4.69, 9.17) is 9.84 Å². The quantitative estimate of drug-likeness (QED) is 0.627. The molecule has 1 atom stereocenters. The SMILES string of the molecule is COCC(NC(=O)CCn1cncn1)C(=O)O. The summed E-state index contributed by atoms with van der Waals surface area (Å²) in [6, 6.07) is -1.02. The summed E-state index contributed by atoms with van der Waals surface area (Å²) in [7, 11) is 1.37. The fourth-order valence-corrected chi connectivity index (χ4v) is 1.17. The van der Waals surface area contributed by atoms with Crippen LogP contribution in [-0.4, -0.2) is 51.5 Å². The molecule has 0 aliphatic carbocycles. The number of carboxylic acids is 1. The van der Waals surface area contributed by atoms with Crippen molar-refractivity contribution in [3.63, 3.8) is 0 Å². The summed E-state index contributed by atoms with van der Waals surface area (Å²) < 4.78 is 6.19. The Balaban J connectivity index is 2.34. The van der Waals surface area contributed by atoms with Crippen LogP contribution in [0.15, 0.2) is 12.7 Å². The average Bonchev–Trinajstić information content (AvgIpc) is 2.78. The second-order valence-electron chi connectivity index (χ2n) is 3.32. The van der Waals surface area contributed by atoms with Crippen molar-refractivity contribution >= 4 is 11.9 Å². The monoisotopic (exact) mass is 242 g/mol. The van der Waals surface area contributed by atoms with Crippen LogP contribution in [0.25, 0.3) is 0 Å². The minimum absolute atomic E-state index is 0.0651. The molecule has 1 aromatic rings. The van der Waals surface area contributed by atoms with Gasteiger partial charge < -0.3 is 15.2 Å². The van der Waals surface area contributed by atoms with Crippen molar-refractivity contribution < 1.29 is 19.4 Å². The van der Waals surface area contributed by atoms with Gasteiger partial charge in [-0.15, -0.1) is 0 Å². The van der Waals surface area contributed by atoms with Gasteiger partial charge in [-0.05, 0) is 0 Å². The standard InChI is InChI=1S/C9H14N4O4/c1-17-4-7(9(15)16)12-8(14)2-3-13-6-10-5-11-13/h5-7H,2-4H2,1H3,(H,12,14)(H,15,16). The highest BCUT2D eigenvalue weighted by molar-refractivity contribution is 5.83. The van der Waals surface area contributed by atoms with Gasteiger partial charge in [-0.25, -0.2) is 9.78 Å². The van der Waals surface area contributed by atoms with Gasteiger partial charge in [0, 0.05) is 13.5 Å². The van der Waals surface area contributed by atoms with Crippen LogP contribution >= 0.6 is 0 Å². The van der Waals surface area contributed by atoms with Crippen LogP contribution in [0, 0.1) is 0 Å². The largest absolute Gasteiger partial charge is 0.480 e. The van der Waals surface area contributed by atoms with E-state index in [9.17, 15) is 9.59 Å². The number of carbonyl (C=O) groups is 2. The Morgan fingerprint density at radius 1 is 1.59 bits per heavy atom. The second kappa shape index (κ2) is 6.59. The molecule has 0 aromatic carbocycles. The number of nitrogens with one attached hydrogen (secondary N) is 1. The highest BCUT2D eigenvalue weighted by atomic mass is 16.5. The predicted molar refractivity (Wildman–Crippen MR) is 56.1 cm³/mol. The molecule has 1 rings (SSSR count). The molecule has 0 bridgehead atoms. The lowest BCUT2D eigenvalue weighted by Gasteiger charge is -2.13. The summed E-state index contributed by atoms with van der Waals surface area (Å²) in [6.07, 6.45) is 2.98. The molecule has 1 unspecified atom stereocenters. The average molecular weight is 242 g/mol. The van der Waals surface area contributed by atoms with E-state index in [0.29, 0.717) is 6.54 Å². The topological polar surface area (TPSA) is 106 Å². The predicted octanol–water partition coefficient (Wildman–Crippen LogP) is -1.12. The van der Waals surface area contributed by atoms with Crippen molar-refractivity contribution in [1.29, 1.82) is 0 Å². The number of carbonyl (C=O) groups excluding carboxylic acids is 1. The van der Waals surface area contributed by atoms with E-state index in [1.165, 1.54) is 24.4 Å². The fraction of sp³-hybridized carbons (Fsp3) is 0.556. The second-order valence-corrected chi connectivity index (χ2v) is 3.32. The van der Waals surface area contributed by atoms with E-state index in [0.717, 1.165) is 0 Å². The van der Waals surface area contributed by atoms with Crippen LogP contribution in [0.3, 0.4) is 0 Å². The van der Waals surface area contributed by atoms with E-state index in [2.05, 4.69) is 15.4 Å². The molecule has 1 amide bonds. The lowest BCUT2D eigenvalue weighted by Crippen LogP contribution is -2.44. The number of amides is 1. The number of ether oxygens (including phenoxy) is 1. The van der Waals surface area contributed by atoms with E-state index in [-0.39, 0.29) is 18.9 Å². The summed E-state index contributed by atoms with van der Waals surface area (Å²) in [5.74, 6) is -1.49. The molecule has 2 N–H and O–H groups in total. The molecule has 0 spiro atoms. The van der Waals surface area contributed by atoms with Crippen molar-refractivity contribution in [2.75, 3.05) is 13.7 Å². The van der Waals surface area contributed by atoms with E-state index < -0.39 is 12.0 Å². The maximum absolute atomic E-state index is 11.4. The highest BCUT2D eigenvalue weighted by Gasteiger charge is 2.19. The maximum Gasteiger partial charge on any atom is 0.328 e. The van der Waals surface area contributed by atoms with Gasteiger partial charge in [0.1, 0.15) is 12.7 Å². The molecule has 0 radical (unpaired) electrons. The third-order valence-electron chi connectivity index (χ3n) is 2.00. The first-order chi connectivity index (χ1) is 8.13. The maximum atomic E-state index is 11.4. The number of aliphatic carboxylic acids is 1. The van der Waals surface area contributed by atoms with Crippen molar-refractivity contribution in [1.82, 2.24) is 20.1 Å². The van der Waals surface area contributed by atoms with Crippen LogP contribution in [0.1, 0.15) is 6.42 Å². The minimum atomic E-state index is -1.12. The Labute approximate surface area is 97.6 Å². The number of aryl methyl sites for hydroxylation is 1. The van der Waals surface area contributed by atoms with Crippen LogP contribution < -0.4 is 5.32 Å². The molecule has 1 aromatic heterocycles. The fourth-order valence-electron chi connectivity index (χ4n) is 1.17. The lowest BCUT2D eigenvalue weighted by atomic mass is 10.3. The lowest BCUT2D eigenvalue weighted by molar-refractivity contribution is -0.143. The van der Waals surface area contributed by atoms with Gasteiger partial charge in [-0.3, -0.25) is 9.48 Å². The summed E-state index contributed by atoms with van der Waals surface area (Å²) in [5.41, 5.74) is 0. The molecule has 8 nitrogen and oxygen atoms in total. The van der Waals surface area contributed by atoms with Gasteiger partial charge in [0.15, 0.2) is 6.04 Å². The van der Waals surface area contributed by atoms with Crippen molar-refractivity contribution in [2.24, 2.45) is 0 Å². The third-order valence-corrected chi connectivity index (χ3v) is 2.00. The van der Waals surface area contributed by atoms with Gasteiger partial charge in [0.25, 0.3) is 0 Å². The Hall–Kier alpha value is -1.96. The zero-order valence-corrected chi connectivity index (χ0v) is 9.37. The highest BCUT2D eigenvalue weighted by Crippen LogP contribution is 1.91. The number of hydrogen-bond acceptors (Lipinski definition) is 5. The first kappa shape index (κ1) is 13.1. The van der Waals surface area contributed by atoms with Gasteiger partial charge in [-0.2, -0.15) is 5.10 Å². The van der Waals surface area contributed by atoms with Crippen molar-refractivity contribution in [3.05, 3.63) is 12.7 Å². The molecule has 1 heterocycles. The number of rotatable bonds is 7.